The molecule has 33 heavy (non-hydrogen) atoms. The molecule has 0 spiro atoms. The summed E-state index contributed by atoms with van der Waals surface area (Å²) in [7, 11) is -4.27. The Morgan fingerprint density at radius 2 is 1.58 bits per heavy atom. The average Bonchev–Trinajstić information content (AvgIpc) is 2.78. The highest BCUT2D eigenvalue weighted by Gasteiger charge is 2.30. The van der Waals surface area contributed by atoms with Gasteiger partial charge in [0.25, 0.3) is 0 Å². The van der Waals surface area contributed by atoms with Gasteiger partial charge in [-0.3, -0.25) is 4.79 Å². The fraction of sp³-hybridized carbons (Fsp3) is 0.154. The Morgan fingerprint density at radius 1 is 0.939 bits per heavy atom. The van der Waals surface area contributed by atoms with E-state index in [0.29, 0.717) is 10.9 Å². The molecule has 0 aliphatic carbocycles. The van der Waals surface area contributed by atoms with E-state index < -0.39 is 21.7 Å². The minimum Gasteiger partial charge on any atom is -0.422 e. The van der Waals surface area contributed by atoms with Crippen molar-refractivity contribution < 1.29 is 21.8 Å². The van der Waals surface area contributed by atoms with Crippen molar-refractivity contribution in [3.8, 4) is 5.75 Å². The lowest BCUT2D eigenvalue weighted by atomic mass is 9.87. The molecule has 3 aromatic carbocycles. The largest absolute Gasteiger partial charge is 0.422 e. The van der Waals surface area contributed by atoms with E-state index in [1.54, 1.807) is 60.7 Å². The summed E-state index contributed by atoms with van der Waals surface area (Å²) in [6, 6.07) is 21.7. The topological polar surface area (TPSA) is 90.7 Å². The van der Waals surface area contributed by atoms with E-state index in [1.165, 1.54) is 19.1 Å². The predicted molar refractivity (Wildman–Crippen MR) is 125 cm³/mol. The zero-order chi connectivity index (χ0) is 23.6. The van der Waals surface area contributed by atoms with Crippen LogP contribution >= 0.6 is 0 Å². The second-order valence-corrected chi connectivity index (χ2v) is 9.39. The van der Waals surface area contributed by atoms with Crippen molar-refractivity contribution in [1.82, 2.24) is 0 Å². The first-order valence-electron chi connectivity index (χ1n) is 10.4. The summed E-state index contributed by atoms with van der Waals surface area (Å²) in [5.74, 6) is -1.03. The highest BCUT2D eigenvalue weighted by molar-refractivity contribution is 7.87. The van der Waals surface area contributed by atoms with Gasteiger partial charge in [-0.2, -0.15) is 8.42 Å². The van der Waals surface area contributed by atoms with Crippen LogP contribution in [0, 0.1) is 6.92 Å². The number of carbonyl (C=O) groups is 1. The van der Waals surface area contributed by atoms with Gasteiger partial charge >= 0.3 is 15.7 Å². The number of para-hydroxylation sites is 1. The summed E-state index contributed by atoms with van der Waals surface area (Å²) in [6.45, 7) is 3.26. The smallest absolute Gasteiger partial charge is 0.343 e. The summed E-state index contributed by atoms with van der Waals surface area (Å²) in [6.07, 6.45) is -0.0198. The number of Topliss-reactive ketones (excluding diaryl/α,β-unsaturated/α-hetero) is 1. The standard InChI is InChI=1S/C26H22O6S/c1-17-12-14-20(15-13-17)33(29,30)32-25-21-10-6-7-11-23(21)31-26(28)24(25)22(16-18(2)27)19-8-4-3-5-9-19/h3-15,22H,16H2,1-2H3. The number of hydrogen-bond donors (Lipinski definition) is 0. The molecule has 1 heterocycles. The maximum absolute atomic E-state index is 13.2. The molecule has 1 atom stereocenters. The minimum absolute atomic E-state index is 0.00853. The SMILES string of the molecule is CC(=O)CC(c1ccccc1)c1c(OS(=O)(=O)c2ccc(C)cc2)c2ccccc2oc1=O. The molecule has 0 bridgehead atoms. The van der Waals surface area contributed by atoms with Gasteiger partial charge in [-0.1, -0.05) is 60.2 Å². The lowest BCUT2D eigenvalue weighted by Gasteiger charge is -2.20. The predicted octanol–water partition coefficient (Wildman–Crippen LogP) is 4.98. The third-order valence-corrected chi connectivity index (χ3v) is 6.58. The molecule has 4 rings (SSSR count). The van der Waals surface area contributed by atoms with Crippen LogP contribution < -0.4 is 9.81 Å². The molecular weight excluding hydrogens is 440 g/mol. The lowest BCUT2D eigenvalue weighted by Crippen LogP contribution is -2.20. The fourth-order valence-electron chi connectivity index (χ4n) is 3.75. The maximum atomic E-state index is 13.2. The molecular formula is C26H22O6S. The normalized spacial score (nSPS) is 12.4. The van der Waals surface area contributed by atoms with Crippen LogP contribution in [0.5, 0.6) is 5.75 Å². The van der Waals surface area contributed by atoms with Crippen LogP contribution in [0.15, 0.2) is 93.0 Å². The van der Waals surface area contributed by atoms with Crippen LogP contribution in [0.25, 0.3) is 11.0 Å². The van der Waals surface area contributed by atoms with Crippen molar-refractivity contribution in [2.24, 2.45) is 0 Å². The van der Waals surface area contributed by atoms with Crippen molar-refractivity contribution >= 4 is 26.9 Å². The van der Waals surface area contributed by atoms with Gasteiger partial charge in [0.1, 0.15) is 16.3 Å². The van der Waals surface area contributed by atoms with Gasteiger partial charge < -0.3 is 8.60 Å². The number of benzene rings is 3. The molecule has 0 saturated carbocycles. The second kappa shape index (κ2) is 9.03. The number of fused-ring (bicyclic) bond motifs is 1. The Morgan fingerprint density at radius 3 is 2.24 bits per heavy atom. The molecule has 0 aliphatic heterocycles. The molecule has 4 aromatic rings. The fourth-order valence-corrected chi connectivity index (χ4v) is 4.71. The van der Waals surface area contributed by atoms with E-state index in [-0.39, 0.29) is 34.0 Å². The van der Waals surface area contributed by atoms with Crippen molar-refractivity contribution in [3.63, 3.8) is 0 Å². The Balaban J connectivity index is 1.98. The molecule has 0 fully saturated rings. The third-order valence-electron chi connectivity index (χ3n) is 5.34. The summed E-state index contributed by atoms with van der Waals surface area (Å²) in [5, 5.41) is 0.326. The first kappa shape index (κ1) is 22.5. The monoisotopic (exact) mass is 462 g/mol. The van der Waals surface area contributed by atoms with Crippen LogP contribution in [0.4, 0.5) is 0 Å². The van der Waals surface area contributed by atoms with Crippen molar-refractivity contribution in [1.29, 1.82) is 0 Å². The Bertz CT molecular complexity index is 1470. The molecule has 1 unspecified atom stereocenters. The van der Waals surface area contributed by atoms with Crippen LogP contribution in [0.3, 0.4) is 0 Å². The molecule has 0 aliphatic rings. The quantitative estimate of drug-likeness (QED) is 0.284. The van der Waals surface area contributed by atoms with Gasteiger partial charge in [0.05, 0.1) is 10.9 Å². The van der Waals surface area contributed by atoms with Crippen molar-refractivity contribution in [2.45, 2.75) is 31.1 Å². The molecule has 168 valence electrons. The Kier molecular flexibility index (Phi) is 6.16. The van der Waals surface area contributed by atoms with Crippen LogP contribution in [-0.2, 0) is 14.9 Å². The van der Waals surface area contributed by atoms with E-state index in [9.17, 15) is 18.0 Å². The third kappa shape index (κ3) is 4.73. The van der Waals surface area contributed by atoms with E-state index >= 15 is 0 Å². The summed E-state index contributed by atoms with van der Waals surface area (Å²) in [4.78, 5) is 25.3. The number of aryl methyl sites for hydroxylation is 1. The molecule has 7 heteroatoms. The van der Waals surface area contributed by atoms with Gasteiger partial charge in [-0.15, -0.1) is 0 Å². The van der Waals surface area contributed by atoms with Gasteiger partial charge in [0.15, 0.2) is 5.75 Å². The lowest BCUT2D eigenvalue weighted by molar-refractivity contribution is -0.117. The molecule has 0 saturated heterocycles. The Hall–Kier alpha value is -3.71. The minimum atomic E-state index is -4.27. The zero-order valence-corrected chi connectivity index (χ0v) is 19.0. The van der Waals surface area contributed by atoms with Gasteiger partial charge in [-0.05, 0) is 43.7 Å². The Labute approximate surface area is 191 Å². The number of carbonyl (C=O) groups excluding carboxylic acids is 1. The summed E-state index contributed by atoms with van der Waals surface area (Å²) >= 11 is 0. The first-order valence-corrected chi connectivity index (χ1v) is 11.8. The molecule has 0 radical (unpaired) electrons. The zero-order valence-electron chi connectivity index (χ0n) is 18.1. The van der Waals surface area contributed by atoms with Crippen LogP contribution in [0.1, 0.15) is 36.0 Å². The van der Waals surface area contributed by atoms with E-state index in [1.807, 2.05) is 13.0 Å². The highest BCUT2D eigenvalue weighted by atomic mass is 32.2. The molecule has 1 aromatic heterocycles. The molecule has 0 amide bonds. The van der Waals surface area contributed by atoms with E-state index in [2.05, 4.69) is 0 Å². The average molecular weight is 463 g/mol. The van der Waals surface area contributed by atoms with Gasteiger partial charge in [-0.25, -0.2) is 4.79 Å². The van der Waals surface area contributed by atoms with E-state index in [0.717, 1.165) is 5.56 Å². The van der Waals surface area contributed by atoms with Crippen LogP contribution in [-0.4, -0.2) is 14.2 Å². The van der Waals surface area contributed by atoms with Gasteiger partial charge in [0, 0.05) is 12.3 Å². The van der Waals surface area contributed by atoms with Crippen molar-refractivity contribution in [2.75, 3.05) is 0 Å². The van der Waals surface area contributed by atoms with Crippen molar-refractivity contribution in [3.05, 3.63) is 106 Å². The number of hydrogen-bond acceptors (Lipinski definition) is 6. The van der Waals surface area contributed by atoms with E-state index in [4.69, 9.17) is 8.60 Å². The van der Waals surface area contributed by atoms with Crippen LogP contribution in [0.2, 0.25) is 0 Å². The summed E-state index contributed by atoms with van der Waals surface area (Å²) in [5.41, 5.74) is 0.998. The molecule has 6 nitrogen and oxygen atoms in total. The molecule has 0 N–H and O–H groups in total. The number of rotatable bonds is 7. The second-order valence-electron chi connectivity index (χ2n) is 7.85. The summed E-state index contributed by atoms with van der Waals surface area (Å²) < 4.78 is 37.5. The number of ketones is 1. The van der Waals surface area contributed by atoms with Gasteiger partial charge in [0.2, 0.25) is 0 Å². The highest BCUT2D eigenvalue weighted by Crippen LogP contribution is 2.38. The maximum Gasteiger partial charge on any atom is 0.343 e. The first-order chi connectivity index (χ1) is 15.8.